The smallest absolute Gasteiger partial charge is 0.162 e. The average molecular weight is 425 g/mol. The lowest BCUT2D eigenvalue weighted by molar-refractivity contribution is 0.108. The highest BCUT2D eigenvalue weighted by atomic mass is 16.5. The van der Waals surface area contributed by atoms with Crippen LogP contribution in [0.5, 0.6) is 5.75 Å². The second-order valence-corrected chi connectivity index (χ2v) is 7.61. The van der Waals surface area contributed by atoms with Crippen LogP contribution in [0.1, 0.15) is 12.0 Å². The Kier molecular flexibility index (Phi) is 6.76. The monoisotopic (exact) mass is 424 g/mol. The summed E-state index contributed by atoms with van der Waals surface area (Å²) in [5, 5.41) is 23.3. The van der Waals surface area contributed by atoms with Crippen LogP contribution < -0.4 is 15.4 Å². The molecule has 9 heteroatoms. The van der Waals surface area contributed by atoms with Crippen LogP contribution in [0.25, 0.3) is 22.6 Å². The molecule has 3 heterocycles. The number of benzene rings is 1. The van der Waals surface area contributed by atoms with Crippen LogP contribution in [-0.4, -0.2) is 70.8 Å². The van der Waals surface area contributed by atoms with Gasteiger partial charge in [0.1, 0.15) is 24.3 Å². The summed E-state index contributed by atoms with van der Waals surface area (Å²) in [6.45, 7) is 4.09. The standard InChI is InChI=1S/C22H28N6O3/c1-14-20(16-9-24-25-10-16)27-22(28-21(14)26-17-6-7-30-12-17)15-4-3-5-19(8-15)31-13-18(29)11-23-2/h3-5,8-10,17-18,23,29H,6-7,11-13H2,1-2H3,(H,24,25)(H,26,27,28). The largest absolute Gasteiger partial charge is 0.491 e. The van der Waals surface area contributed by atoms with Crippen molar-refractivity contribution < 1.29 is 14.6 Å². The van der Waals surface area contributed by atoms with Gasteiger partial charge in [0.2, 0.25) is 0 Å². The summed E-state index contributed by atoms with van der Waals surface area (Å²) in [7, 11) is 1.79. The first-order valence-electron chi connectivity index (χ1n) is 10.4. The average Bonchev–Trinajstić information content (AvgIpc) is 3.49. The lowest BCUT2D eigenvalue weighted by Crippen LogP contribution is -2.29. The SMILES string of the molecule is CNCC(O)COc1cccc(-c2nc(NC3CCOC3)c(C)c(-c3cn[nH]c3)n2)c1. The predicted octanol–water partition coefficient (Wildman–Crippen LogP) is 2.00. The van der Waals surface area contributed by atoms with E-state index in [2.05, 4.69) is 20.8 Å². The van der Waals surface area contributed by atoms with E-state index in [1.165, 1.54) is 0 Å². The topological polar surface area (TPSA) is 117 Å². The molecule has 1 aliphatic heterocycles. The zero-order valence-corrected chi connectivity index (χ0v) is 17.8. The maximum absolute atomic E-state index is 9.90. The van der Waals surface area contributed by atoms with Gasteiger partial charge in [-0.3, -0.25) is 5.10 Å². The van der Waals surface area contributed by atoms with Crippen LogP contribution in [0, 0.1) is 6.92 Å². The van der Waals surface area contributed by atoms with Gasteiger partial charge in [0.25, 0.3) is 0 Å². The molecule has 31 heavy (non-hydrogen) atoms. The van der Waals surface area contributed by atoms with Crippen LogP contribution in [0.2, 0.25) is 0 Å². The van der Waals surface area contributed by atoms with Crippen molar-refractivity contribution in [1.82, 2.24) is 25.5 Å². The number of aromatic nitrogens is 4. The Morgan fingerprint density at radius 2 is 2.23 bits per heavy atom. The Hall–Kier alpha value is -3.01. The highest BCUT2D eigenvalue weighted by molar-refractivity contribution is 5.71. The van der Waals surface area contributed by atoms with Gasteiger partial charge in [-0.05, 0) is 32.5 Å². The maximum Gasteiger partial charge on any atom is 0.162 e. The van der Waals surface area contributed by atoms with Gasteiger partial charge < -0.3 is 25.2 Å². The number of H-pyrrole nitrogens is 1. The molecule has 1 aliphatic rings. The normalized spacial score (nSPS) is 16.9. The summed E-state index contributed by atoms with van der Waals surface area (Å²) >= 11 is 0. The molecule has 0 radical (unpaired) electrons. The van der Waals surface area contributed by atoms with Crippen LogP contribution in [-0.2, 0) is 4.74 Å². The van der Waals surface area contributed by atoms with Gasteiger partial charge in [-0.1, -0.05) is 12.1 Å². The molecule has 2 unspecified atom stereocenters. The number of rotatable bonds is 9. The van der Waals surface area contributed by atoms with E-state index in [1.807, 2.05) is 37.4 Å². The second kappa shape index (κ2) is 9.86. The van der Waals surface area contributed by atoms with Crippen LogP contribution in [0.4, 0.5) is 5.82 Å². The first-order chi connectivity index (χ1) is 15.1. The van der Waals surface area contributed by atoms with Gasteiger partial charge in [-0.25, -0.2) is 9.97 Å². The quantitative estimate of drug-likeness (QED) is 0.412. The Bertz CT molecular complexity index is 989. The third-order valence-corrected chi connectivity index (χ3v) is 5.16. The van der Waals surface area contributed by atoms with Gasteiger partial charge in [-0.2, -0.15) is 5.10 Å². The van der Waals surface area contributed by atoms with Gasteiger partial charge in [0.05, 0.1) is 24.5 Å². The number of hydrogen-bond acceptors (Lipinski definition) is 8. The molecule has 1 aromatic carbocycles. The summed E-state index contributed by atoms with van der Waals surface area (Å²) < 4.78 is 11.3. The molecule has 0 amide bonds. The molecule has 2 atom stereocenters. The minimum atomic E-state index is -0.582. The van der Waals surface area contributed by atoms with Gasteiger partial charge in [0, 0.05) is 36.0 Å². The summed E-state index contributed by atoms with van der Waals surface area (Å²) in [6.07, 6.45) is 3.94. The number of nitrogens with zero attached hydrogens (tertiary/aromatic N) is 3. The summed E-state index contributed by atoms with van der Waals surface area (Å²) in [5.41, 5.74) is 3.50. The Morgan fingerprint density at radius 3 is 2.97 bits per heavy atom. The summed E-state index contributed by atoms with van der Waals surface area (Å²) in [4.78, 5) is 9.65. The summed E-state index contributed by atoms with van der Waals surface area (Å²) in [5.74, 6) is 2.03. The predicted molar refractivity (Wildman–Crippen MR) is 118 cm³/mol. The molecule has 9 nitrogen and oxygen atoms in total. The number of likely N-dealkylation sites (N-methyl/N-ethyl adjacent to an activating group) is 1. The Labute approximate surface area is 181 Å². The number of anilines is 1. The fraction of sp³-hybridized carbons (Fsp3) is 0.409. The molecule has 0 spiro atoms. The Morgan fingerprint density at radius 1 is 1.32 bits per heavy atom. The number of nitrogens with one attached hydrogen (secondary N) is 3. The van der Waals surface area contributed by atoms with Gasteiger partial charge in [0.15, 0.2) is 5.82 Å². The van der Waals surface area contributed by atoms with Crippen molar-refractivity contribution in [3.05, 3.63) is 42.2 Å². The minimum absolute atomic E-state index is 0.202. The van der Waals surface area contributed by atoms with E-state index in [0.29, 0.717) is 24.7 Å². The van der Waals surface area contributed by atoms with Gasteiger partial charge >= 0.3 is 0 Å². The maximum atomic E-state index is 9.90. The van der Waals surface area contributed by atoms with Crippen molar-refractivity contribution in [2.24, 2.45) is 0 Å². The van der Waals surface area contributed by atoms with Crippen molar-refractivity contribution in [3.8, 4) is 28.4 Å². The first kappa shape index (κ1) is 21.2. The molecule has 3 aromatic rings. The number of aliphatic hydroxyl groups is 1. The van der Waals surface area contributed by atoms with E-state index in [4.69, 9.17) is 19.4 Å². The number of hydrogen-bond donors (Lipinski definition) is 4. The fourth-order valence-corrected chi connectivity index (χ4v) is 3.50. The Balaban J connectivity index is 1.65. The number of aromatic amines is 1. The molecular formula is C22H28N6O3. The fourth-order valence-electron chi connectivity index (χ4n) is 3.50. The van der Waals surface area contributed by atoms with Crippen molar-refractivity contribution in [3.63, 3.8) is 0 Å². The minimum Gasteiger partial charge on any atom is -0.491 e. The third-order valence-electron chi connectivity index (χ3n) is 5.16. The highest BCUT2D eigenvalue weighted by Crippen LogP contribution is 2.30. The van der Waals surface area contributed by atoms with Gasteiger partial charge in [-0.15, -0.1) is 0 Å². The third kappa shape index (κ3) is 5.19. The molecule has 1 saturated heterocycles. The number of aliphatic hydroxyl groups excluding tert-OH is 1. The molecular weight excluding hydrogens is 396 g/mol. The lowest BCUT2D eigenvalue weighted by Gasteiger charge is -2.17. The van der Waals surface area contributed by atoms with Crippen LogP contribution >= 0.6 is 0 Å². The second-order valence-electron chi connectivity index (χ2n) is 7.61. The van der Waals surface area contributed by atoms with E-state index in [1.54, 1.807) is 13.2 Å². The van der Waals surface area contributed by atoms with E-state index in [-0.39, 0.29) is 12.6 Å². The lowest BCUT2D eigenvalue weighted by atomic mass is 10.1. The first-order valence-corrected chi connectivity index (χ1v) is 10.4. The molecule has 0 saturated carbocycles. The molecule has 4 rings (SSSR count). The molecule has 2 aromatic heterocycles. The van der Waals surface area contributed by atoms with E-state index >= 15 is 0 Å². The molecule has 0 bridgehead atoms. The van der Waals surface area contributed by atoms with Crippen molar-refractivity contribution in [2.45, 2.75) is 25.5 Å². The van der Waals surface area contributed by atoms with E-state index in [9.17, 15) is 5.11 Å². The zero-order valence-electron chi connectivity index (χ0n) is 17.8. The molecule has 0 aliphatic carbocycles. The van der Waals surface area contributed by atoms with E-state index in [0.717, 1.165) is 41.2 Å². The van der Waals surface area contributed by atoms with Crippen molar-refractivity contribution in [1.29, 1.82) is 0 Å². The highest BCUT2D eigenvalue weighted by Gasteiger charge is 2.20. The van der Waals surface area contributed by atoms with Crippen molar-refractivity contribution >= 4 is 5.82 Å². The molecule has 1 fully saturated rings. The molecule has 164 valence electrons. The van der Waals surface area contributed by atoms with Crippen molar-refractivity contribution in [2.75, 3.05) is 38.7 Å². The van der Waals surface area contributed by atoms with E-state index < -0.39 is 6.10 Å². The zero-order chi connectivity index (χ0) is 21.6. The van der Waals surface area contributed by atoms with Crippen LogP contribution in [0.3, 0.4) is 0 Å². The van der Waals surface area contributed by atoms with Crippen LogP contribution in [0.15, 0.2) is 36.7 Å². The summed E-state index contributed by atoms with van der Waals surface area (Å²) in [6, 6.07) is 7.81. The molecule has 4 N–H and O–H groups in total. The number of ether oxygens (including phenoxy) is 2.